The molecule has 0 bridgehead atoms. The summed E-state index contributed by atoms with van der Waals surface area (Å²) in [7, 11) is 0. The van der Waals surface area contributed by atoms with Crippen molar-refractivity contribution in [1.82, 2.24) is 20.2 Å². The fourth-order valence-electron chi connectivity index (χ4n) is 3.34. The minimum Gasteiger partial charge on any atom is -0.314 e. The lowest BCUT2D eigenvalue weighted by Gasteiger charge is -2.34. The fraction of sp³-hybridized carbons (Fsp3) is 0.300. The lowest BCUT2D eigenvalue weighted by atomic mass is 10.0. The van der Waals surface area contributed by atoms with E-state index in [1.165, 1.54) is 10.9 Å². The Balaban J connectivity index is 1.79. The molecule has 3 heterocycles. The normalized spacial score (nSPS) is 17.0. The van der Waals surface area contributed by atoms with E-state index >= 15 is 0 Å². The molecule has 1 aliphatic heterocycles. The van der Waals surface area contributed by atoms with Gasteiger partial charge in [0.05, 0.1) is 22.9 Å². The molecule has 4 heteroatoms. The number of nitrogens with zero attached hydrogens (tertiary/aromatic N) is 3. The molecular weight excluding hydrogens is 296 g/mol. The minimum absolute atomic E-state index is 0.109. The monoisotopic (exact) mass is 318 g/mol. The summed E-state index contributed by atoms with van der Waals surface area (Å²) in [6, 6.07) is 17.0. The van der Waals surface area contributed by atoms with Gasteiger partial charge >= 0.3 is 0 Å². The third-order valence-corrected chi connectivity index (χ3v) is 4.63. The molecule has 1 unspecified atom stereocenters. The van der Waals surface area contributed by atoms with Gasteiger partial charge in [-0.15, -0.1) is 0 Å². The maximum atomic E-state index is 4.95. The molecule has 1 fully saturated rings. The summed E-state index contributed by atoms with van der Waals surface area (Å²) in [5.41, 5.74) is 4.38. The molecule has 4 rings (SSSR count). The van der Waals surface area contributed by atoms with Crippen molar-refractivity contribution in [1.29, 1.82) is 0 Å². The van der Waals surface area contributed by atoms with Gasteiger partial charge in [0.25, 0.3) is 0 Å². The molecule has 122 valence electrons. The molecule has 1 saturated heterocycles. The Morgan fingerprint density at radius 1 is 0.958 bits per heavy atom. The molecule has 0 radical (unpaired) electrons. The number of benzene rings is 1. The van der Waals surface area contributed by atoms with Crippen molar-refractivity contribution in [2.75, 3.05) is 26.2 Å². The zero-order chi connectivity index (χ0) is 16.4. The molecule has 1 aromatic carbocycles. The van der Waals surface area contributed by atoms with Gasteiger partial charge in [0.1, 0.15) is 0 Å². The Morgan fingerprint density at radius 3 is 2.54 bits per heavy atom. The van der Waals surface area contributed by atoms with Crippen LogP contribution in [0.2, 0.25) is 0 Å². The van der Waals surface area contributed by atoms with Crippen LogP contribution in [-0.2, 0) is 0 Å². The Bertz CT molecular complexity index is 822. The van der Waals surface area contributed by atoms with E-state index in [-0.39, 0.29) is 6.04 Å². The lowest BCUT2D eigenvalue weighted by Crippen LogP contribution is -2.45. The molecule has 0 aliphatic carbocycles. The van der Waals surface area contributed by atoms with Gasteiger partial charge in [-0.3, -0.25) is 14.9 Å². The van der Waals surface area contributed by atoms with Gasteiger partial charge < -0.3 is 5.32 Å². The summed E-state index contributed by atoms with van der Waals surface area (Å²) in [6.45, 7) is 6.11. The molecule has 1 aliphatic rings. The Morgan fingerprint density at radius 2 is 1.75 bits per heavy atom. The Hall–Kier alpha value is -2.30. The van der Waals surface area contributed by atoms with Gasteiger partial charge in [-0.25, -0.2) is 0 Å². The van der Waals surface area contributed by atoms with Gasteiger partial charge in [-0.1, -0.05) is 30.3 Å². The molecule has 1 N–H and O–H groups in total. The number of aryl methyl sites for hydroxylation is 1. The van der Waals surface area contributed by atoms with E-state index < -0.39 is 0 Å². The van der Waals surface area contributed by atoms with Crippen LogP contribution in [0.3, 0.4) is 0 Å². The van der Waals surface area contributed by atoms with E-state index in [0.29, 0.717) is 0 Å². The van der Waals surface area contributed by atoms with Crippen LogP contribution in [0.25, 0.3) is 10.9 Å². The highest BCUT2D eigenvalue weighted by molar-refractivity contribution is 5.78. The van der Waals surface area contributed by atoms with Crippen molar-refractivity contribution in [3.63, 3.8) is 0 Å². The minimum atomic E-state index is 0.109. The SMILES string of the molecule is Cc1ccc(C(c2ccc3ccccc3n2)N2CCNCC2)nc1. The first-order valence-corrected chi connectivity index (χ1v) is 8.54. The lowest BCUT2D eigenvalue weighted by molar-refractivity contribution is 0.193. The van der Waals surface area contributed by atoms with E-state index in [1.807, 2.05) is 12.3 Å². The molecular formula is C20H22N4. The summed E-state index contributed by atoms with van der Waals surface area (Å²) in [4.78, 5) is 12.1. The largest absolute Gasteiger partial charge is 0.314 e. The van der Waals surface area contributed by atoms with Crippen LogP contribution >= 0.6 is 0 Å². The standard InChI is InChI=1S/C20H22N4/c1-15-6-8-18(22-14-15)20(24-12-10-21-11-13-24)19-9-7-16-4-2-3-5-17(16)23-19/h2-9,14,20-21H,10-13H2,1H3. The van der Waals surface area contributed by atoms with E-state index in [9.17, 15) is 0 Å². The summed E-state index contributed by atoms with van der Waals surface area (Å²) < 4.78 is 0. The Labute approximate surface area is 142 Å². The van der Waals surface area contributed by atoms with Gasteiger partial charge in [-0.05, 0) is 30.7 Å². The van der Waals surface area contributed by atoms with Crippen molar-refractivity contribution >= 4 is 10.9 Å². The first-order valence-electron chi connectivity index (χ1n) is 8.54. The van der Waals surface area contributed by atoms with E-state index in [0.717, 1.165) is 43.1 Å². The molecule has 0 spiro atoms. The number of rotatable bonds is 3. The number of hydrogen-bond acceptors (Lipinski definition) is 4. The third-order valence-electron chi connectivity index (χ3n) is 4.63. The van der Waals surface area contributed by atoms with E-state index in [4.69, 9.17) is 9.97 Å². The molecule has 0 amide bonds. The average molecular weight is 318 g/mol. The zero-order valence-corrected chi connectivity index (χ0v) is 13.9. The average Bonchev–Trinajstić information content (AvgIpc) is 2.64. The van der Waals surface area contributed by atoms with E-state index in [2.05, 4.69) is 59.6 Å². The van der Waals surface area contributed by atoms with Gasteiger partial charge in [0, 0.05) is 37.8 Å². The van der Waals surface area contributed by atoms with Crippen LogP contribution in [0.1, 0.15) is 23.0 Å². The van der Waals surface area contributed by atoms with Crippen LogP contribution in [0.15, 0.2) is 54.7 Å². The molecule has 4 nitrogen and oxygen atoms in total. The molecule has 1 atom stereocenters. The zero-order valence-electron chi connectivity index (χ0n) is 13.9. The molecule has 3 aromatic rings. The van der Waals surface area contributed by atoms with Crippen LogP contribution in [0.4, 0.5) is 0 Å². The number of hydrogen-bond donors (Lipinski definition) is 1. The second kappa shape index (κ2) is 6.67. The number of pyridine rings is 2. The van der Waals surface area contributed by atoms with Gasteiger partial charge in [0.2, 0.25) is 0 Å². The van der Waals surface area contributed by atoms with Crippen molar-refractivity contribution in [2.45, 2.75) is 13.0 Å². The summed E-state index contributed by atoms with van der Waals surface area (Å²) in [5.74, 6) is 0. The number of fused-ring (bicyclic) bond motifs is 1. The maximum absolute atomic E-state index is 4.95. The highest BCUT2D eigenvalue weighted by Gasteiger charge is 2.26. The van der Waals surface area contributed by atoms with E-state index in [1.54, 1.807) is 0 Å². The molecule has 2 aromatic heterocycles. The highest BCUT2D eigenvalue weighted by atomic mass is 15.2. The van der Waals surface area contributed by atoms with Crippen LogP contribution < -0.4 is 5.32 Å². The molecule has 0 saturated carbocycles. The van der Waals surface area contributed by atoms with Crippen LogP contribution in [0.5, 0.6) is 0 Å². The third kappa shape index (κ3) is 3.03. The molecule has 24 heavy (non-hydrogen) atoms. The van der Waals surface area contributed by atoms with Crippen molar-refractivity contribution in [2.24, 2.45) is 0 Å². The van der Waals surface area contributed by atoms with Gasteiger partial charge in [-0.2, -0.15) is 0 Å². The maximum Gasteiger partial charge on any atom is 0.0951 e. The second-order valence-electron chi connectivity index (χ2n) is 6.38. The fourth-order valence-corrected chi connectivity index (χ4v) is 3.34. The number of piperazine rings is 1. The summed E-state index contributed by atoms with van der Waals surface area (Å²) >= 11 is 0. The number of para-hydroxylation sites is 1. The first kappa shape index (κ1) is 15.2. The quantitative estimate of drug-likeness (QED) is 0.806. The predicted molar refractivity (Wildman–Crippen MR) is 97.0 cm³/mol. The van der Waals surface area contributed by atoms with Crippen molar-refractivity contribution in [3.05, 3.63) is 71.7 Å². The van der Waals surface area contributed by atoms with Crippen LogP contribution in [0, 0.1) is 6.92 Å². The smallest absolute Gasteiger partial charge is 0.0951 e. The first-order chi connectivity index (χ1) is 11.8. The summed E-state index contributed by atoms with van der Waals surface area (Å²) in [5, 5.41) is 4.61. The van der Waals surface area contributed by atoms with Crippen molar-refractivity contribution in [3.8, 4) is 0 Å². The number of nitrogens with one attached hydrogen (secondary N) is 1. The second-order valence-corrected chi connectivity index (χ2v) is 6.38. The Kier molecular flexibility index (Phi) is 4.24. The van der Waals surface area contributed by atoms with Gasteiger partial charge in [0.15, 0.2) is 0 Å². The predicted octanol–water partition coefficient (Wildman–Crippen LogP) is 2.93. The van der Waals surface area contributed by atoms with Crippen molar-refractivity contribution < 1.29 is 0 Å². The number of aromatic nitrogens is 2. The topological polar surface area (TPSA) is 41.1 Å². The summed E-state index contributed by atoms with van der Waals surface area (Å²) in [6.07, 6.45) is 1.95. The highest BCUT2D eigenvalue weighted by Crippen LogP contribution is 2.28. The van der Waals surface area contributed by atoms with Crippen LogP contribution in [-0.4, -0.2) is 41.0 Å².